The summed E-state index contributed by atoms with van der Waals surface area (Å²) in [5, 5.41) is 3.01. The van der Waals surface area contributed by atoms with Crippen LogP contribution in [0.3, 0.4) is 0 Å². The predicted octanol–water partition coefficient (Wildman–Crippen LogP) is 3.53. The van der Waals surface area contributed by atoms with Gasteiger partial charge in [-0.15, -0.1) is 0 Å². The van der Waals surface area contributed by atoms with Crippen LogP contribution in [-0.4, -0.2) is 37.8 Å². The van der Waals surface area contributed by atoms with Gasteiger partial charge in [0.1, 0.15) is 0 Å². The molecule has 3 rings (SSSR count). The molecule has 0 aliphatic carbocycles. The van der Waals surface area contributed by atoms with Gasteiger partial charge in [-0.05, 0) is 62.8 Å². The van der Waals surface area contributed by atoms with Crippen molar-refractivity contribution in [3.63, 3.8) is 0 Å². The lowest BCUT2D eigenvalue weighted by Gasteiger charge is -2.18. The summed E-state index contributed by atoms with van der Waals surface area (Å²) in [5.74, 6) is -0.225. The minimum Gasteiger partial charge on any atom is -0.350 e. The fourth-order valence-corrected chi connectivity index (χ4v) is 5.03. The number of sulfonamides is 1. The molecule has 1 amide bonds. The van der Waals surface area contributed by atoms with Gasteiger partial charge in [0.05, 0.1) is 4.90 Å². The maximum absolute atomic E-state index is 12.8. The zero-order valence-electron chi connectivity index (χ0n) is 16.5. The van der Waals surface area contributed by atoms with E-state index in [4.69, 9.17) is 0 Å². The largest absolute Gasteiger partial charge is 0.350 e. The smallest absolute Gasteiger partial charge is 0.251 e. The van der Waals surface area contributed by atoms with Crippen molar-refractivity contribution in [1.29, 1.82) is 0 Å². The van der Waals surface area contributed by atoms with E-state index in [1.807, 2.05) is 32.0 Å². The van der Waals surface area contributed by atoms with Crippen LogP contribution in [0.2, 0.25) is 0 Å². The Morgan fingerprint density at radius 2 is 1.79 bits per heavy atom. The number of nitrogens with one attached hydrogen (secondary N) is 1. The molecule has 1 aliphatic heterocycles. The van der Waals surface area contributed by atoms with Crippen molar-refractivity contribution >= 4 is 15.9 Å². The van der Waals surface area contributed by atoms with Crippen LogP contribution >= 0.6 is 0 Å². The standard InChI is InChI=1S/C22H28N2O3S/c1-17-10-13-20(28(26,27)24-14-6-7-15-24)16-21(17)22(25)23-18(2)11-12-19-8-4-3-5-9-19/h3-5,8-10,13,16,18H,6-7,11-12,14-15H2,1-2H3,(H,23,25)/t18-/m1/s1. The summed E-state index contributed by atoms with van der Waals surface area (Å²) in [6.07, 6.45) is 3.47. The van der Waals surface area contributed by atoms with Gasteiger partial charge < -0.3 is 5.32 Å². The number of carbonyl (C=O) groups excluding carboxylic acids is 1. The molecule has 5 nitrogen and oxygen atoms in total. The number of nitrogens with zero attached hydrogens (tertiary/aromatic N) is 1. The summed E-state index contributed by atoms with van der Waals surface area (Å²) in [6, 6.07) is 15.0. The van der Waals surface area contributed by atoms with E-state index >= 15 is 0 Å². The summed E-state index contributed by atoms with van der Waals surface area (Å²) in [6.45, 7) is 4.90. The molecule has 150 valence electrons. The van der Waals surface area contributed by atoms with E-state index < -0.39 is 10.0 Å². The third-order valence-corrected chi connectivity index (χ3v) is 7.14. The average Bonchev–Trinajstić information content (AvgIpc) is 3.23. The Hall–Kier alpha value is -2.18. The minimum atomic E-state index is -3.53. The maximum atomic E-state index is 12.8. The highest BCUT2D eigenvalue weighted by Gasteiger charge is 2.28. The summed E-state index contributed by atoms with van der Waals surface area (Å²) in [5.41, 5.74) is 2.43. The third kappa shape index (κ3) is 4.80. The van der Waals surface area contributed by atoms with Crippen molar-refractivity contribution < 1.29 is 13.2 Å². The molecule has 1 atom stereocenters. The van der Waals surface area contributed by atoms with Gasteiger partial charge in [-0.3, -0.25) is 4.79 Å². The second-order valence-electron chi connectivity index (χ2n) is 7.49. The normalized spacial score (nSPS) is 16.1. The number of benzene rings is 2. The van der Waals surface area contributed by atoms with Crippen molar-refractivity contribution in [2.75, 3.05) is 13.1 Å². The van der Waals surface area contributed by atoms with Gasteiger partial charge in [0.15, 0.2) is 0 Å². The van der Waals surface area contributed by atoms with Crippen LogP contribution in [-0.2, 0) is 16.4 Å². The lowest BCUT2D eigenvalue weighted by atomic mass is 10.0. The van der Waals surface area contributed by atoms with Gasteiger partial charge in [0.2, 0.25) is 10.0 Å². The number of hydrogen-bond acceptors (Lipinski definition) is 3. The van der Waals surface area contributed by atoms with E-state index in [1.165, 1.54) is 15.9 Å². The second kappa shape index (κ2) is 8.88. The van der Waals surface area contributed by atoms with Gasteiger partial charge in [-0.1, -0.05) is 36.4 Å². The van der Waals surface area contributed by atoms with Crippen LogP contribution < -0.4 is 5.32 Å². The zero-order valence-corrected chi connectivity index (χ0v) is 17.3. The number of hydrogen-bond donors (Lipinski definition) is 1. The molecule has 1 aliphatic rings. The van der Waals surface area contributed by atoms with E-state index in [9.17, 15) is 13.2 Å². The molecule has 1 saturated heterocycles. The molecule has 1 fully saturated rings. The van der Waals surface area contributed by atoms with E-state index in [2.05, 4.69) is 17.4 Å². The summed E-state index contributed by atoms with van der Waals surface area (Å²) in [7, 11) is -3.53. The minimum absolute atomic E-state index is 0.00838. The molecule has 0 radical (unpaired) electrons. The molecular formula is C22H28N2O3S. The molecule has 0 unspecified atom stereocenters. The third-order valence-electron chi connectivity index (χ3n) is 5.24. The first-order valence-electron chi connectivity index (χ1n) is 9.83. The number of amides is 1. The van der Waals surface area contributed by atoms with Crippen molar-refractivity contribution in [2.45, 2.75) is 50.5 Å². The van der Waals surface area contributed by atoms with Gasteiger partial charge in [0.25, 0.3) is 5.91 Å². The monoisotopic (exact) mass is 400 g/mol. The number of carbonyl (C=O) groups is 1. The Kier molecular flexibility index (Phi) is 6.52. The lowest BCUT2D eigenvalue weighted by molar-refractivity contribution is 0.0937. The Morgan fingerprint density at radius 3 is 2.46 bits per heavy atom. The highest BCUT2D eigenvalue weighted by atomic mass is 32.2. The van der Waals surface area contributed by atoms with Crippen LogP contribution in [0.15, 0.2) is 53.4 Å². The molecule has 28 heavy (non-hydrogen) atoms. The Labute approximate surface area is 167 Å². The van der Waals surface area contributed by atoms with Gasteiger partial charge >= 0.3 is 0 Å². The predicted molar refractivity (Wildman–Crippen MR) is 111 cm³/mol. The van der Waals surface area contributed by atoms with E-state index in [1.54, 1.807) is 12.1 Å². The van der Waals surface area contributed by atoms with E-state index in [0.717, 1.165) is 31.2 Å². The van der Waals surface area contributed by atoms with Crippen molar-refractivity contribution in [3.05, 3.63) is 65.2 Å². The molecule has 2 aromatic rings. The van der Waals surface area contributed by atoms with E-state index in [0.29, 0.717) is 18.7 Å². The maximum Gasteiger partial charge on any atom is 0.251 e. The van der Waals surface area contributed by atoms with Crippen molar-refractivity contribution in [2.24, 2.45) is 0 Å². The average molecular weight is 401 g/mol. The van der Waals surface area contributed by atoms with Crippen LogP contribution in [0.25, 0.3) is 0 Å². The van der Waals surface area contributed by atoms with Crippen LogP contribution in [0.4, 0.5) is 0 Å². The first-order valence-corrected chi connectivity index (χ1v) is 11.3. The molecule has 0 saturated carbocycles. The molecule has 0 bridgehead atoms. The van der Waals surface area contributed by atoms with Gasteiger partial charge in [-0.2, -0.15) is 4.31 Å². The van der Waals surface area contributed by atoms with E-state index in [-0.39, 0.29) is 16.8 Å². The summed E-state index contributed by atoms with van der Waals surface area (Å²) in [4.78, 5) is 13.0. The molecular weight excluding hydrogens is 372 g/mol. The van der Waals surface area contributed by atoms with Gasteiger partial charge in [0, 0.05) is 24.7 Å². The molecule has 1 N–H and O–H groups in total. The topological polar surface area (TPSA) is 66.5 Å². The fourth-order valence-electron chi connectivity index (χ4n) is 3.49. The second-order valence-corrected chi connectivity index (χ2v) is 9.42. The molecule has 6 heteroatoms. The first-order chi connectivity index (χ1) is 13.4. The lowest BCUT2D eigenvalue weighted by Crippen LogP contribution is -2.34. The van der Waals surface area contributed by atoms with Crippen molar-refractivity contribution in [3.8, 4) is 0 Å². The zero-order chi connectivity index (χ0) is 20.1. The van der Waals surface area contributed by atoms with Gasteiger partial charge in [-0.25, -0.2) is 8.42 Å². The van der Waals surface area contributed by atoms with Crippen molar-refractivity contribution in [1.82, 2.24) is 9.62 Å². The van der Waals surface area contributed by atoms with Crippen LogP contribution in [0, 0.1) is 6.92 Å². The molecule has 1 heterocycles. The SMILES string of the molecule is Cc1ccc(S(=O)(=O)N2CCCC2)cc1C(=O)N[C@H](C)CCc1ccccc1. The number of aryl methyl sites for hydroxylation is 2. The van der Waals surface area contributed by atoms with Crippen LogP contribution in [0.5, 0.6) is 0 Å². The quantitative estimate of drug-likeness (QED) is 0.773. The van der Waals surface area contributed by atoms with Crippen LogP contribution in [0.1, 0.15) is 47.7 Å². The summed E-state index contributed by atoms with van der Waals surface area (Å²) < 4.78 is 27.1. The number of rotatable bonds is 7. The highest BCUT2D eigenvalue weighted by molar-refractivity contribution is 7.89. The molecule has 2 aromatic carbocycles. The first kappa shape index (κ1) is 20.6. The Morgan fingerprint density at radius 1 is 1.11 bits per heavy atom. The Bertz CT molecular complexity index is 920. The fraction of sp³-hybridized carbons (Fsp3) is 0.409. The highest BCUT2D eigenvalue weighted by Crippen LogP contribution is 2.23. The molecule has 0 aromatic heterocycles. The summed E-state index contributed by atoms with van der Waals surface area (Å²) >= 11 is 0. The molecule has 0 spiro atoms. The Balaban J connectivity index is 1.69.